The molecule has 7 heteroatoms. The third kappa shape index (κ3) is 3.75. The van der Waals surface area contributed by atoms with E-state index in [0.29, 0.717) is 10.8 Å². The molecule has 0 aromatic heterocycles. The second-order valence-electron chi connectivity index (χ2n) is 7.71. The maximum absolute atomic E-state index is 13.3. The van der Waals surface area contributed by atoms with Crippen LogP contribution in [0.2, 0.25) is 0 Å². The molecule has 4 rings (SSSR count). The SMILES string of the molecule is Cc1cccc(NC2=NC(=S)N(c3cccc(C(F)(F)F)c3)C23CCCCC3)c1. The summed E-state index contributed by atoms with van der Waals surface area (Å²) in [4.78, 5) is 6.45. The molecule has 3 nitrogen and oxygen atoms in total. The second-order valence-corrected chi connectivity index (χ2v) is 8.08. The van der Waals surface area contributed by atoms with Gasteiger partial charge >= 0.3 is 6.18 Å². The number of alkyl halides is 3. The van der Waals surface area contributed by atoms with Crippen molar-refractivity contribution < 1.29 is 13.2 Å². The topological polar surface area (TPSA) is 27.6 Å². The molecule has 0 amide bonds. The Kier molecular flexibility index (Phi) is 5.11. The molecule has 1 saturated carbocycles. The fourth-order valence-electron chi connectivity index (χ4n) is 4.32. The van der Waals surface area contributed by atoms with Gasteiger partial charge in [0, 0.05) is 11.4 Å². The molecule has 0 bridgehead atoms. The first-order valence-corrected chi connectivity index (χ1v) is 10.1. The van der Waals surface area contributed by atoms with Crippen LogP contribution >= 0.6 is 12.2 Å². The molecule has 29 heavy (non-hydrogen) atoms. The predicted octanol–water partition coefficient (Wildman–Crippen LogP) is 6.33. The van der Waals surface area contributed by atoms with Gasteiger partial charge in [-0.25, -0.2) is 4.99 Å². The fourth-order valence-corrected chi connectivity index (χ4v) is 4.69. The van der Waals surface area contributed by atoms with Crippen molar-refractivity contribution in [2.75, 3.05) is 10.2 Å². The summed E-state index contributed by atoms with van der Waals surface area (Å²) < 4.78 is 39.9. The lowest BCUT2D eigenvalue weighted by Gasteiger charge is -2.43. The van der Waals surface area contributed by atoms with Crippen LogP contribution in [0.15, 0.2) is 53.5 Å². The van der Waals surface area contributed by atoms with Crippen molar-refractivity contribution in [1.29, 1.82) is 0 Å². The molecule has 1 N–H and O–H groups in total. The molecule has 1 spiro atoms. The zero-order valence-electron chi connectivity index (χ0n) is 16.1. The van der Waals surface area contributed by atoms with E-state index in [1.54, 1.807) is 6.07 Å². The normalized spacial score (nSPS) is 18.8. The molecule has 1 aliphatic carbocycles. The standard InChI is InChI=1S/C22H22F3N3S/c1-15-7-5-9-17(13-15)26-19-21(11-3-2-4-12-21)28(20(29)27-19)18-10-6-8-16(14-18)22(23,24)25/h5-10,13-14H,2-4,11-12H2,1H3,(H,26,27,29). The average molecular weight is 418 g/mol. The number of anilines is 2. The lowest BCUT2D eigenvalue weighted by Crippen LogP contribution is -2.55. The maximum Gasteiger partial charge on any atom is 0.416 e. The Hall–Kier alpha value is -2.41. The van der Waals surface area contributed by atoms with Gasteiger partial charge in [-0.2, -0.15) is 13.2 Å². The summed E-state index contributed by atoms with van der Waals surface area (Å²) in [7, 11) is 0. The highest BCUT2D eigenvalue weighted by Gasteiger charge is 2.49. The minimum Gasteiger partial charge on any atom is -0.342 e. The zero-order chi connectivity index (χ0) is 20.6. The molecular formula is C22H22F3N3S. The number of aliphatic imine (C=N–C) groups is 1. The van der Waals surface area contributed by atoms with Crippen LogP contribution in [0, 0.1) is 6.92 Å². The summed E-state index contributed by atoms with van der Waals surface area (Å²) in [6, 6.07) is 13.3. The first kappa shape index (κ1) is 19.9. The number of benzene rings is 2. The number of nitrogens with zero attached hydrogens (tertiary/aromatic N) is 2. The highest BCUT2D eigenvalue weighted by atomic mass is 32.1. The van der Waals surface area contributed by atoms with Crippen LogP contribution in [0.4, 0.5) is 24.5 Å². The van der Waals surface area contributed by atoms with Crippen molar-refractivity contribution in [3.05, 3.63) is 59.7 Å². The van der Waals surface area contributed by atoms with Crippen LogP contribution < -0.4 is 10.2 Å². The van der Waals surface area contributed by atoms with Gasteiger partial charge in [-0.3, -0.25) is 0 Å². The van der Waals surface area contributed by atoms with Gasteiger partial charge in [0.25, 0.3) is 0 Å². The van der Waals surface area contributed by atoms with E-state index in [2.05, 4.69) is 10.3 Å². The van der Waals surface area contributed by atoms with Gasteiger partial charge in [-0.1, -0.05) is 37.5 Å². The largest absolute Gasteiger partial charge is 0.416 e. The van der Waals surface area contributed by atoms with Gasteiger partial charge in [0.2, 0.25) is 5.11 Å². The first-order chi connectivity index (χ1) is 13.8. The number of nitrogens with one attached hydrogen (secondary N) is 1. The van der Waals surface area contributed by atoms with Crippen LogP contribution in [0.3, 0.4) is 0 Å². The Morgan fingerprint density at radius 1 is 1.03 bits per heavy atom. The molecule has 1 heterocycles. The van der Waals surface area contributed by atoms with E-state index >= 15 is 0 Å². The Bertz CT molecular complexity index is 962. The number of amidine groups is 1. The molecule has 1 aliphatic heterocycles. The number of hydrogen-bond acceptors (Lipinski definition) is 2. The molecule has 152 valence electrons. The zero-order valence-corrected chi connectivity index (χ0v) is 16.9. The van der Waals surface area contributed by atoms with Gasteiger partial charge in [0.1, 0.15) is 11.4 Å². The van der Waals surface area contributed by atoms with Gasteiger partial charge in [-0.05, 0) is 67.9 Å². The van der Waals surface area contributed by atoms with Gasteiger partial charge in [0.05, 0.1) is 5.56 Å². The molecule has 1 fully saturated rings. The molecule has 2 aromatic carbocycles. The van der Waals surface area contributed by atoms with Crippen molar-refractivity contribution in [2.24, 2.45) is 4.99 Å². The predicted molar refractivity (Wildman–Crippen MR) is 115 cm³/mol. The van der Waals surface area contributed by atoms with Gasteiger partial charge in [0.15, 0.2) is 0 Å². The third-order valence-corrected chi connectivity index (χ3v) is 5.93. The summed E-state index contributed by atoms with van der Waals surface area (Å²) in [5.41, 5.74) is 1.25. The van der Waals surface area contributed by atoms with Crippen LogP contribution in [-0.2, 0) is 6.18 Å². The highest BCUT2D eigenvalue weighted by Crippen LogP contribution is 2.43. The number of halogens is 3. The van der Waals surface area contributed by atoms with Crippen molar-refractivity contribution in [3.8, 4) is 0 Å². The summed E-state index contributed by atoms with van der Waals surface area (Å²) in [5, 5.41) is 3.72. The number of aryl methyl sites for hydroxylation is 1. The Labute approximate surface area is 173 Å². The van der Waals surface area contributed by atoms with E-state index in [0.717, 1.165) is 55.3 Å². The van der Waals surface area contributed by atoms with Crippen molar-refractivity contribution in [1.82, 2.24) is 0 Å². The summed E-state index contributed by atoms with van der Waals surface area (Å²) in [5.74, 6) is 0.727. The molecule has 2 aromatic rings. The van der Waals surface area contributed by atoms with Crippen LogP contribution in [0.25, 0.3) is 0 Å². The van der Waals surface area contributed by atoms with Gasteiger partial charge in [-0.15, -0.1) is 0 Å². The minimum absolute atomic E-state index is 0.307. The average Bonchev–Trinajstić information content (AvgIpc) is 2.92. The molecule has 0 unspecified atom stereocenters. The van der Waals surface area contributed by atoms with Crippen molar-refractivity contribution in [2.45, 2.75) is 50.7 Å². The first-order valence-electron chi connectivity index (χ1n) is 9.74. The smallest absolute Gasteiger partial charge is 0.342 e. The van der Waals surface area contributed by atoms with E-state index in [-0.39, 0.29) is 0 Å². The summed E-state index contributed by atoms with van der Waals surface area (Å²) in [6.45, 7) is 2.01. The number of rotatable bonds is 2. The summed E-state index contributed by atoms with van der Waals surface area (Å²) in [6.07, 6.45) is 0.241. The monoisotopic (exact) mass is 417 g/mol. The molecule has 2 aliphatic rings. The minimum atomic E-state index is -4.40. The molecule has 0 atom stereocenters. The summed E-state index contributed by atoms with van der Waals surface area (Å²) >= 11 is 5.55. The van der Waals surface area contributed by atoms with Crippen LogP contribution in [0.5, 0.6) is 0 Å². The van der Waals surface area contributed by atoms with E-state index in [9.17, 15) is 13.2 Å². The third-order valence-electron chi connectivity index (χ3n) is 5.66. The van der Waals surface area contributed by atoms with E-state index in [1.807, 2.05) is 36.1 Å². The quantitative estimate of drug-likeness (QED) is 0.579. The van der Waals surface area contributed by atoms with Crippen LogP contribution in [-0.4, -0.2) is 16.5 Å². The number of thiocarbonyl (C=S) groups is 1. The van der Waals surface area contributed by atoms with E-state index in [1.165, 1.54) is 12.1 Å². The fraction of sp³-hybridized carbons (Fsp3) is 0.364. The Morgan fingerprint density at radius 3 is 2.45 bits per heavy atom. The maximum atomic E-state index is 13.3. The lowest BCUT2D eigenvalue weighted by atomic mass is 9.79. The van der Waals surface area contributed by atoms with E-state index in [4.69, 9.17) is 12.2 Å². The second kappa shape index (κ2) is 7.44. The Balaban J connectivity index is 1.74. The van der Waals surface area contributed by atoms with E-state index < -0.39 is 17.3 Å². The molecular weight excluding hydrogens is 395 g/mol. The molecule has 0 radical (unpaired) electrons. The lowest BCUT2D eigenvalue weighted by molar-refractivity contribution is -0.137. The van der Waals surface area contributed by atoms with Crippen molar-refractivity contribution in [3.63, 3.8) is 0 Å². The van der Waals surface area contributed by atoms with Crippen LogP contribution in [0.1, 0.15) is 43.2 Å². The number of hydrogen-bond donors (Lipinski definition) is 1. The van der Waals surface area contributed by atoms with Crippen molar-refractivity contribution >= 4 is 34.5 Å². The molecule has 0 saturated heterocycles. The highest BCUT2D eigenvalue weighted by molar-refractivity contribution is 7.80. The van der Waals surface area contributed by atoms with Gasteiger partial charge < -0.3 is 10.2 Å². The Morgan fingerprint density at radius 2 is 1.76 bits per heavy atom.